The fourth-order valence-electron chi connectivity index (χ4n) is 0.395. The molecule has 52 valence electrons. The van der Waals surface area contributed by atoms with E-state index < -0.39 is 0 Å². The molecule has 0 fully saturated rings. The Morgan fingerprint density at radius 2 is 2.00 bits per heavy atom. The van der Waals surface area contributed by atoms with Gasteiger partial charge in [0.1, 0.15) is 0 Å². The summed E-state index contributed by atoms with van der Waals surface area (Å²) in [6.45, 7) is 5.87. The molecule has 0 atom stereocenters. The van der Waals surface area contributed by atoms with Gasteiger partial charge in [0.05, 0.1) is 0 Å². The van der Waals surface area contributed by atoms with Gasteiger partial charge in [0, 0.05) is 0 Å². The van der Waals surface area contributed by atoms with Crippen molar-refractivity contribution in [3.05, 3.63) is 18.9 Å². The minimum absolute atomic E-state index is 0. The van der Waals surface area contributed by atoms with Gasteiger partial charge in [-0.05, 0) is 12.6 Å². The van der Waals surface area contributed by atoms with Crippen LogP contribution in [0.2, 0.25) is 0 Å². The Bertz CT molecular complexity index is 145. The van der Waals surface area contributed by atoms with Crippen LogP contribution in [0.5, 0.6) is 0 Å². The quantitative estimate of drug-likeness (QED) is 0.337. The van der Waals surface area contributed by atoms with Gasteiger partial charge < -0.3 is 4.68 Å². The van der Waals surface area contributed by atoms with E-state index in [1.165, 1.54) is 4.68 Å². The van der Waals surface area contributed by atoms with Crippen molar-refractivity contribution < 1.29 is 51.4 Å². The summed E-state index contributed by atoms with van der Waals surface area (Å²) >= 11 is 0. The molecule has 1 aromatic heterocycles. The van der Waals surface area contributed by atoms with E-state index in [0.29, 0.717) is 0 Å². The average molecular weight is 165 g/mol. The molecule has 3 nitrogen and oxygen atoms in total. The van der Waals surface area contributed by atoms with Crippen molar-refractivity contribution in [2.24, 2.45) is 0 Å². The van der Waals surface area contributed by atoms with E-state index in [1.807, 2.05) is 20.8 Å². The van der Waals surface area contributed by atoms with E-state index in [-0.39, 0.29) is 51.4 Å². The first-order valence-electron chi connectivity index (χ1n) is 2.99. The largest absolute Gasteiger partial charge is 1.00 e. The van der Waals surface area contributed by atoms with Gasteiger partial charge in [0.25, 0.3) is 0 Å². The summed E-state index contributed by atoms with van der Waals surface area (Å²) in [5.41, 5.74) is 0.898. The van der Waals surface area contributed by atoms with Crippen LogP contribution < -0.4 is 51.4 Å². The average Bonchev–Trinajstić information content (AvgIpc) is 2.20. The summed E-state index contributed by atoms with van der Waals surface area (Å²) < 4.78 is 1.43. The minimum Gasteiger partial charge on any atom is -0.388 e. The summed E-state index contributed by atoms with van der Waals surface area (Å²) in [5.74, 6) is 0. The molecule has 1 rings (SSSR count). The van der Waals surface area contributed by atoms with Crippen molar-refractivity contribution in [3.63, 3.8) is 0 Å². The zero-order valence-electron chi connectivity index (χ0n) is 7.13. The van der Waals surface area contributed by atoms with Crippen molar-refractivity contribution in [1.82, 2.24) is 15.0 Å². The first kappa shape index (κ1) is 13.3. The van der Waals surface area contributed by atoms with Gasteiger partial charge in [-0.2, -0.15) is 12.1 Å². The maximum absolute atomic E-state index is 3.67. The second-order valence-electron chi connectivity index (χ2n) is 1.40. The Balaban J connectivity index is 0. The molecule has 10 heavy (non-hydrogen) atoms. The van der Waals surface area contributed by atoms with E-state index in [2.05, 4.69) is 17.4 Å². The molecule has 1 heterocycles. The maximum atomic E-state index is 3.67. The number of hydrogen-bond acceptors (Lipinski definition) is 2. The molecule has 4 heteroatoms. The van der Waals surface area contributed by atoms with E-state index in [9.17, 15) is 0 Å². The minimum atomic E-state index is 0. The van der Waals surface area contributed by atoms with Gasteiger partial charge in [0.15, 0.2) is 0 Å². The fourth-order valence-corrected chi connectivity index (χ4v) is 0.395. The molecule has 0 saturated carbocycles. The molecular formula is C6H12KN3. The molecule has 0 bridgehead atoms. The molecule has 0 aliphatic carbocycles. The van der Waals surface area contributed by atoms with Crippen molar-refractivity contribution in [1.29, 1.82) is 0 Å². The number of rotatable bonds is 0. The Kier molecular flexibility index (Phi) is 10.3. The fraction of sp³-hybridized carbons (Fsp3) is 0.500. The predicted molar refractivity (Wildman–Crippen MR) is 36.9 cm³/mol. The Hall–Kier alpha value is 0.646. The van der Waals surface area contributed by atoms with Crippen LogP contribution in [0.3, 0.4) is 0 Å². The second-order valence-corrected chi connectivity index (χ2v) is 1.40. The van der Waals surface area contributed by atoms with Crippen LogP contribution >= 0.6 is 0 Å². The molecule has 0 unspecified atom stereocenters. The monoisotopic (exact) mass is 165 g/mol. The molecule has 0 amide bonds. The van der Waals surface area contributed by atoms with Gasteiger partial charge in [-0.1, -0.05) is 20.0 Å². The predicted octanol–water partition coefficient (Wildman–Crippen LogP) is -1.74. The number of aromatic nitrogens is 3. The van der Waals surface area contributed by atoms with Crippen molar-refractivity contribution >= 4 is 0 Å². The summed E-state index contributed by atoms with van der Waals surface area (Å²) in [5, 5.41) is 7.24. The maximum Gasteiger partial charge on any atom is 1.00 e. The van der Waals surface area contributed by atoms with Crippen LogP contribution in [-0.4, -0.2) is 15.0 Å². The first-order chi connectivity index (χ1) is 4.29. The molecule has 0 aliphatic rings. The van der Waals surface area contributed by atoms with Gasteiger partial charge in [-0.25, -0.2) is 0 Å². The standard InChI is InChI=1S/C4H6N3.C2H6.K/c1-4-3-7(2)6-5-4;1-2;/h3H,2H2,1H3;1-2H3;/q-1;;+1. The molecule has 0 N–H and O–H groups in total. The second kappa shape index (κ2) is 7.75. The number of hydrogen-bond donors (Lipinski definition) is 0. The van der Waals surface area contributed by atoms with Gasteiger partial charge in [-0.3, -0.25) is 0 Å². The van der Waals surface area contributed by atoms with Crippen molar-refractivity contribution in [3.8, 4) is 0 Å². The first-order valence-corrected chi connectivity index (χ1v) is 2.99. The normalized spacial score (nSPS) is 7.10. The molecule has 1 aromatic rings. The summed E-state index contributed by atoms with van der Waals surface area (Å²) in [6.07, 6.45) is 1.75. The van der Waals surface area contributed by atoms with Gasteiger partial charge in [-0.15, -0.1) is 5.21 Å². The molecule has 0 spiro atoms. The third-order valence-electron chi connectivity index (χ3n) is 0.653. The summed E-state index contributed by atoms with van der Waals surface area (Å²) in [7, 11) is 3.48. The van der Waals surface area contributed by atoms with Crippen LogP contribution in [0.15, 0.2) is 6.20 Å². The van der Waals surface area contributed by atoms with E-state index in [4.69, 9.17) is 0 Å². The Labute approximate surface area is 105 Å². The Morgan fingerprint density at radius 1 is 1.50 bits per heavy atom. The summed E-state index contributed by atoms with van der Waals surface area (Å²) in [4.78, 5) is 0. The van der Waals surface area contributed by atoms with Gasteiger partial charge in [0.2, 0.25) is 0 Å². The molecule has 0 saturated heterocycles. The SMILES string of the molecule is CC.[CH2-]n1cc(C)nn1.[K+]. The third-order valence-corrected chi connectivity index (χ3v) is 0.653. The van der Waals surface area contributed by atoms with E-state index in [0.717, 1.165) is 5.69 Å². The van der Waals surface area contributed by atoms with Crippen molar-refractivity contribution in [2.45, 2.75) is 20.8 Å². The van der Waals surface area contributed by atoms with Crippen molar-refractivity contribution in [2.75, 3.05) is 0 Å². The zero-order valence-corrected chi connectivity index (χ0v) is 10.2. The Morgan fingerprint density at radius 3 is 2.10 bits per heavy atom. The van der Waals surface area contributed by atoms with E-state index >= 15 is 0 Å². The van der Waals surface area contributed by atoms with Crippen LogP contribution in [0, 0.1) is 14.0 Å². The summed E-state index contributed by atoms with van der Waals surface area (Å²) in [6, 6.07) is 0. The third kappa shape index (κ3) is 5.43. The van der Waals surface area contributed by atoms with E-state index in [1.54, 1.807) is 6.20 Å². The zero-order chi connectivity index (χ0) is 7.28. The van der Waals surface area contributed by atoms with Crippen LogP contribution in [0.1, 0.15) is 19.5 Å². The number of nitrogens with zero attached hydrogens (tertiary/aromatic N) is 3. The smallest absolute Gasteiger partial charge is 0.388 e. The van der Waals surface area contributed by atoms with Crippen LogP contribution in [0.25, 0.3) is 0 Å². The topological polar surface area (TPSA) is 30.7 Å². The molecule has 0 radical (unpaired) electrons. The molecule has 0 aliphatic heterocycles. The van der Waals surface area contributed by atoms with Crippen LogP contribution in [0.4, 0.5) is 0 Å². The molecule has 0 aromatic carbocycles. The molecular weight excluding hydrogens is 153 g/mol. The number of aryl methyl sites for hydroxylation is 1. The van der Waals surface area contributed by atoms with Gasteiger partial charge >= 0.3 is 51.4 Å². The van der Waals surface area contributed by atoms with Crippen LogP contribution in [-0.2, 0) is 0 Å².